The molecular weight excluding hydrogens is 386 g/mol. The molecule has 5 nitrogen and oxygen atoms in total. The van der Waals surface area contributed by atoms with Crippen LogP contribution in [-0.2, 0) is 21.2 Å². The zero-order chi connectivity index (χ0) is 19.3. The Morgan fingerprint density at radius 1 is 0.963 bits per heavy atom. The van der Waals surface area contributed by atoms with Gasteiger partial charge in [0, 0.05) is 17.0 Å². The predicted molar refractivity (Wildman–Crippen MR) is 104 cm³/mol. The van der Waals surface area contributed by atoms with Crippen molar-refractivity contribution in [2.45, 2.75) is 17.9 Å². The van der Waals surface area contributed by atoms with Crippen LogP contribution < -0.4 is 5.32 Å². The zero-order valence-corrected chi connectivity index (χ0v) is 16.0. The Hall–Kier alpha value is -2.57. The maximum atomic E-state index is 12.2. The number of sulfone groups is 1. The summed E-state index contributed by atoms with van der Waals surface area (Å²) < 4.78 is 30.1. The van der Waals surface area contributed by atoms with Crippen LogP contribution in [0.1, 0.15) is 12.2 Å². The fourth-order valence-electron chi connectivity index (χ4n) is 2.49. The van der Waals surface area contributed by atoms with Crippen molar-refractivity contribution in [1.82, 2.24) is 5.32 Å². The van der Waals surface area contributed by atoms with Gasteiger partial charge in [-0.3, -0.25) is 4.79 Å². The van der Waals surface area contributed by atoms with Crippen molar-refractivity contribution in [2.24, 2.45) is 0 Å². The van der Waals surface area contributed by atoms with E-state index in [1.54, 1.807) is 36.4 Å². The van der Waals surface area contributed by atoms with E-state index in [2.05, 4.69) is 5.32 Å². The van der Waals surface area contributed by atoms with Crippen LogP contribution in [0.3, 0.4) is 0 Å². The summed E-state index contributed by atoms with van der Waals surface area (Å²) in [6, 6.07) is 18.9. The SMILES string of the molecule is O=C(CCS(=O)(=O)c1ccccc1)NCc1ccc(-c2ccc(Cl)cc2)o1. The smallest absolute Gasteiger partial charge is 0.221 e. The number of benzene rings is 2. The van der Waals surface area contributed by atoms with Crippen molar-refractivity contribution in [3.8, 4) is 11.3 Å². The first-order chi connectivity index (χ1) is 12.9. The van der Waals surface area contributed by atoms with Crippen LogP contribution in [-0.4, -0.2) is 20.1 Å². The molecule has 0 aliphatic heterocycles. The highest BCUT2D eigenvalue weighted by molar-refractivity contribution is 7.91. The van der Waals surface area contributed by atoms with Crippen molar-refractivity contribution in [3.05, 3.63) is 77.5 Å². The summed E-state index contributed by atoms with van der Waals surface area (Å²) in [6.45, 7) is 0.192. The van der Waals surface area contributed by atoms with Gasteiger partial charge < -0.3 is 9.73 Å². The van der Waals surface area contributed by atoms with Gasteiger partial charge in [-0.1, -0.05) is 29.8 Å². The molecule has 1 N–H and O–H groups in total. The number of halogens is 1. The normalized spacial score (nSPS) is 11.3. The van der Waals surface area contributed by atoms with E-state index in [-0.39, 0.29) is 29.5 Å². The third-order valence-corrected chi connectivity index (χ3v) is 5.93. The number of carbonyl (C=O) groups excluding carboxylic acids is 1. The van der Waals surface area contributed by atoms with Crippen molar-refractivity contribution >= 4 is 27.3 Å². The van der Waals surface area contributed by atoms with Gasteiger partial charge in [-0.15, -0.1) is 0 Å². The van der Waals surface area contributed by atoms with Crippen molar-refractivity contribution in [2.75, 3.05) is 5.75 Å². The Kier molecular flexibility index (Phi) is 5.98. The third-order valence-electron chi connectivity index (χ3n) is 3.95. The quantitative estimate of drug-likeness (QED) is 0.644. The Morgan fingerprint density at radius 2 is 1.67 bits per heavy atom. The number of furan rings is 1. The Balaban J connectivity index is 1.52. The molecule has 2 aromatic carbocycles. The van der Waals surface area contributed by atoms with E-state index in [9.17, 15) is 13.2 Å². The summed E-state index contributed by atoms with van der Waals surface area (Å²) in [5, 5.41) is 3.32. The van der Waals surface area contributed by atoms with Crippen LogP contribution in [0.15, 0.2) is 76.0 Å². The second-order valence-electron chi connectivity index (χ2n) is 5.93. The number of hydrogen-bond donors (Lipinski definition) is 1. The third kappa shape index (κ3) is 5.21. The van der Waals surface area contributed by atoms with Gasteiger partial charge in [0.2, 0.25) is 5.91 Å². The molecule has 0 bridgehead atoms. The molecule has 27 heavy (non-hydrogen) atoms. The van der Waals surface area contributed by atoms with Crippen molar-refractivity contribution < 1.29 is 17.6 Å². The number of amides is 1. The second kappa shape index (κ2) is 8.41. The molecular formula is C20H18ClNO4S. The first-order valence-corrected chi connectivity index (χ1v) is 10.4. The summed E-state index contributed by atoms with van der Waals surface area (Å²) in [6.07, 6.45) is -0.109. The van der Waals surface area contributed by atoms with Crippen LogP contribution in [0.25, 0.3) is 11.3 Å². The van der Waals surface area contributed by atoms with Gasteiger partial charge in [-0.2, -0.15) is 0 Å². The van der Waals surface area contributed by atoms with Crippen LogP contribution in [0.4, 0.5) is 0 Å². The van der Waals surface area contributed by atoms with E-state index in [1.807, 2.05) is 18.2 Å². The summed E-state index contributed by atoms with van der Waals surface area (Å²) in [5.41, 5.74) is 0.880. The topological polar surface area (TPSA) is 76.4 Å². The minimum atomic E-state index is -3.47. The highest BCUT2D eigenvalue weighted by atomic mass is 35.5. The van der Waals surface area contributed by atoms with Gasteiger partial charge in [0.25, 0.3) is 0 Å². The van der Waals surface area contributed by atoms with E-state index in [1.165, 1.54) is 12.1 Å². The summed E-state index contributed by atoms with van der Waals surface area (Å²) >= 11 is 5.87. The van der Waals surface area contributed by atoms with E-state index < -0.39 is 9.84 Å². The van der Waals surface area contributed by atoms with Gasteiger partial charge >= 0.3 is 0 Å². The van der Waals surface area contributed by atoms with E-state index >= 15 is 0 Å². The summed E-state index contributed by atoms with van der Waals surface area (Å²) in [4.78, 5) is 12.2. The standard InChI is InChI=1S/C20H18ClNO4S/c21-16-8-6-15(7-9-16)19-11-10-17(26-19)14-22-20(23)12-13-27(24,25)18-4-2-1-3-5-18/h1-11H,12-14H2,(H,22,23). The molecule has 7 heteroatoms. The molecule has 0 saturated carbocycles. The van der Waals surface area contributed by atoms with Gasteiger partial charge in [-0.25, -0.2) is 8.42 Å². The Labute approximate surface area is 162 Å². The molecule has 0 fully saturated rings. The maximum absolute atomic E-state index is 12.2. The van der Waals surface area contributed by atoms with Gasteiger partial charge in [-0.05, 0) is 48.5 Å². The minimum absolute atomic E-state index is 0.109. The summed E-state index contributed by atoms with van der Waals surface area (Å²) in [5.74, 6) is 0.664. The minimum Gasteiger partial charge on any atom is -0.459 e. The van der Waals surface area contributed by atoms with Gasteiger partial charge in [0.15, 0.2) is 9.84 Å². The lowest BCUT2D eigenvalue weighted by Gasteiger charge is -2.05. The predicted octanol–water partition coefficient (Wildman–Crippen LogP) is 4.08. The molecule has 0 spiro atoms. The molecule has 0 atom stereocenters. The monoisotopic (exact) mass is 403 g/mol. The first-order valence-electron chi connectivity index (χ1n) is 8.33. The molecule has 3 rings (SSSR count). The second-order valence-corrected chi connectivity index (χ2v) is 8.48. The molecule has 1 aromatic heterocycles. The van der Waals surface area contributed by atoms with Crippen LogP contribution in [0.5, 0.6) is 0 Å². The zero-order valence-electron chi connectivity index (χ0n) is 14.4. The lowest BCUT2D eigenvalue weighted by molar-refractivity contribution is -0.120. The van der Waals surface area contributed by atoms with Crippen molar-refractivity contribution in [3.63, 3.8) is 0 Å². The molecule has 1 amide bonds. The van der Waals surface area contributed by atoms with Gasteiger partial charge in [0.05, 0.1) is 17.2 Å². The lowest BCUT2D eigenvalue weighted by Crippen LogP contribution is -2.25. The molecule has 0 aliphatic rings. The highest BCUT2D eigenvalue weighted by Crippen LogP contribution is 2.23. The lowest BCUT2D eigenvalue weighted by atomic mass is 10.2. The summed E-state index contributed by atoms with van der Waals surface area (Å²) in [7, 11) is -3.47. The maximum Gasteiger partial charge on any atom is 0.221 e. The van der Waals surface area contributed by atoms with E-state index in [0.717, 1.165) is 5.56 Å². The van der Waals surface area contributed by atoms with Crippen LogP contribution in [0, 0.1) is 0 Å². The fraction of sp³-hybridized carbons (Fsp3) is 0.150. The van der Waals surface area contributed by atoms with Gasteiger partial charge in [0.1, 0.15) is 11.5 Å². The number of rotatable bonds is 7. The van der Waals surface area contributed by atoms with Crippen molar-refractivity contribution in [1.29, 1.82) is 0 Å². The van der Waals surface area contributed by atoms with Crippen LogP contribution in [0.2, 0.25) is 5.02 Å². The highest BCUT2D eigenvalue weighted by Gasteiger charge is 2.16. The van der Waals surface area contributed by atoms with Crippen LogP contribution >= 0.6 is 11.6 Å². The molecule has 3 aromatic rings. The first kappa shape index (κ1) is 19.2. The Bertz CT molecular complexity index is 1010. The average Bonchev–Trinajstić information content (AvgIpc) is 3.15. The molecule has 0 unspecified atom stereocenters. The number of nitrogens with one attached hydrogen (secondary N) is 1. The Morgan fingerprint density at radius 3 is 2.37 bits per heavy atom. The van der Waals surface area contributed by atoms with E-state index in [0.29, 0.717) is 16.5 Å². The molecule has 140 valence electrons. The molecule has 1 heterocycles. The van der Waals surface area contributed by atoms with E-state index in [4.69, 9.17) is 16.0 Å². The molecule has 0 radical (unpaired) electrons. The fourth-order valence-corrected chi connectivity index (χ4v) is 3.88. The number of hydrogen-bond acceptors (Lipinski definition) is 4. The molecule has 0 saturated heterocycles. The largest absolute Gasteiger partial charge is 0.459 e. The number of carbonyl (C=O) groups is 1. The molecule has 0 aliphatic carbocycles. The average molecular weight is 404 g/mol.